The molecule has 0 radical (unpaired) electrons. The zero-order valence-electron chi connectivity index (χ0n) is 18.5. The summed E-state index contributed by atoms with van der Waals surface area (Å²) < 4.78 is 5.38. The predicted octanol–water partition coefficient (Wildman–Crippen LogP) is 4.92. The van der Waals surface area contributed by atoms with Crippen molar-refractivity contribution >= 4 is 28.4 Å². The largest absolute Gasteiger partial charge is 0.512 e. The molecule has 0 saturated carbocycles. The van der Waals surface area contributed by atoms with Gasteiger partial charge in [0.25, 0.3) is 0 Å². The number of rotatable bonds is 4. The number of benzene rings is 2. The van der Waals surface area contributed by atoms with Crippen molar-refractivity contribution in [1.29, 1.82) is 0 Å². The van der Waals surface area contributed by atoms with Gasteiger partial charge in [0.1, 0.15) is 17.3 Å². The van der Waals surface area contributed by atoms with Gasteiger partial charge in [-0.2, -0.15) is 0 Å². The van der Waals surface area contributed by atoms with E-state index in [0.29, 0.717) is 35.9 Å². The number of para-hydroxylation sites is 1. The van der Waals surface area contributed by atoms with Crippen molar-refractivity contribution in [1.82, 2.24) is 15.3 Å². The minimum atomic E-state index is -0.459. The molecule has 2 aliphatic rings. The Bertz CT molecular complexity index is 1250. The molecule has 33 heavy (non-hydrogen) atoms. The van der Waals surface area contributed by atoms with Crippen molar-refractivity contribution in [2.75, 3.05) is 18.0 Å². The van der Waals surface area contributed by atoms with Crippen LogP contribution in [0.2, 0.25) is 0 Å². The van der Waals surface area contributed by atoms with E-state index in [2.05, 4.69) is 16.3 Å². The number of nitrogens with one attached hydrogen (secondary N) is 1. The number of carbonyl (C=O) groups is 1. The van der Waals surface area contributed by atoms with Crippen LogP contribution in [0.5, 0.6) is 5.75 Å². The van der Waals surface area contributed by atoms with Gasteiger partial charge in [-0.05, 0) is 49.6 Å². The van der Waals surface area contributed by atoms with E-state index in [9.17, 15) is 9.90 Å². The Balaban J connectivity index is 1.40. The molecule has 168 valence electrons. The summed E-state index contributed by atoms with van der Waals surface area (Å²) >= 11 is 0. The van der Waals surface area contributed by atoms with Crippen LogP contribution < -0.4 is 15.0 Å². The standard InChI is InChI=1S/C26H26N4O3/c1-17-11-12-20-22(15-17)28-24(21-9-5-6-10-23(21)31)29-25(20)30-14-13-18(16-30)27-26(32)33-19-7-3-2-4-8-19/h2-5,7-9,11-12,15,18,31H,6,10,13-14,16H2,1H3,(H,27,32)/t18-/m1/s1. The maximum absolute atomic E-state index is 12.3. The lowest BCUT2D eigenvalue weighted by molar-refractivity contribution is 0.197. The molecular formula is C26H26N4O3. The fourth-order valence-electron chi connectivity index (χ4n) is 4.30. The molecule has 1 aliphatic carbocycles. The number of aromatic nitrogens is 2. The fraction of sp³-hybridized carbons (Fsp3) is 0.269. The number of carbonyl (C=O) groups excluding carboxylic acids is 1. The van der Waals surface area contributed by atoms with Gasteiger partial charge in [-0.1, -0.05) is 36.4 Å². The highest BCUT2D eigenvalue weighted by Crippen LogP contribution is 2.31. The Hall–Kier alpha value is -3.87. The topological polar surface area (TPSA) is 87.6 Å². The average Bonchev–Trinajstić information content (AvgIpc) is 3.27. The molecule has 1 amide bonds. The first kappa shape index (κ1) is 21.0. The zero-order valence-corrected chi connectivity index (χ0v) is 18.5. The number of ether oxygens (including phenoxy) is 1. The lowest BCUT2D eigenvalue weighted by Crippen LogP contribution is -2.39. The third-order valence-electron chi connectivity index (χ3n) is 5.98. The summed E-state index contributed by atoms with van der Waals surface area (Å²) in [4.78, 5) is 24.1. The molecule has 2 aromatic carbocycles. The van der Waals surface area contributed by atoms with E-state index in [1.807, 2.05) is 49.4 Å². The molecule has 0 spiro atoms. The maximum Gasteiger partial charge on any atom is 0.412 e. The van der Waals surface area contributed by atoms with Crippen molar-refractivity contribution < 1.29 is 14.6 Å². The molecule has 1 saturated heterocycles. The van der Waals surface area contributed by atoms with Crippen LogP contribution in [0.1, 0.15) is 30.7 Å². The monoisotopic (exact) mass is 442 g/mol. The summed E-state index contributed by atoms with van der Waals surface area (Å²) in [7, 11) is 0. The molecular weight excluding hydrogens is 416 g/mol. The van der Waals surface area contributed by atoms with Gasteiger partial charge >= 0.3 is 6.09 Å². The van der Waals surface area contributed by atoms with E-state index >= 15 is 0 Å². The number of hydrogen-bond acceptors (Lipinski definition) is 6. The smallest absolute Gasteiger partial charge is 0.412 e. The molecule has 1 aromatic heterocycles. The molecule has 5 rings (SSSR count). The zero-order chi connectivity index (χ0) is 22.8. The summed E-state index contributed by atoms with van der Waals surface area (Å²) in [6.45, 7) is 3.40. The van der Waals surface area contributed by atoms with Gasteiger partial charge in [0.2, 0.25) is 0 Å². The number of allylic oxidation sites excluding steroid dienone is 4. The first-order valence-electron chi connectivity index (χ1n) is 11.2. The van der Waals surface area contributed by atoms with Gasteiger partial charge in [-0.15, -0.1) is 0 Å². The van der Waals surface area contributed by atoms with Crippen LogP contribution in [0.15, 0.2) is 66.4 Å². The van der Waals surface area contributed by atoms with Crippen molar-refractivity contribution in [3.8, 4) is 5.75 Å². The lowest BCUT2D eigenvalue weighted by Gasteiger charge is -2.21. The quantitative estimate of drug-likeness (QED) is 0.596. The summed E-state index contributed by atoms with van der Waals surface area (Å²) in [6.07, 6.45) is 5.66. The van der Waals surface area contributed by atoms with E-state index in [1.54, 1.807) is 12.1 Å². The van der Waals surface area contributed by atoms with E-state index in [4.69, 9.17) is 14.7 Å². The predicted molar refractivity (Wildman–Crippen MR) is 128 cm³/mol. The Morgan fingerprint density at radius 3 is 2.85 bits per heavy atom. The van der Waals surface area contributed by atoms with E-state index in [-0.39, 0.29) is 6.04 Å². The summed E-state index contributed by atoms with van der Waals surface area (Å²) in [5.41, 5.74) is 2.63. The second-order valence-electron chi connectivity index (χ2n) is 8.47. The molecule has 0 unspecified atom stereocenters. The van der Waals surface area contributed by atoms with Crippen LogP contribution in [0, 0.1) is 6.92 Å². The normalized spacial score (nSPS) is 18.1. The average molecular weight is 443 g/mol. The lowest BCUT2D eigenvalue weighted by atomic mass is 10.0. The minimum Gasteiger partial charge on any atom is -0.512 e. The van der Waals surface area contributed by atoms with Crippen LogP contribution in [0.3, 0.4) is 0 Å². The Labute approximate surface area is 192 Å². The van der Waals surface area contributed by atoms with Gasteiger partial charge in [0.05, 0.1) is 17.1 Å². The summed E-state index contributed by atoms with van der Waals surface area (Å²) in [5, 5.41) is 14.4. The van der Waals surface area contributed by atoms with Gasteiger partial charge in [0.15, 0.2) is 5.82 Å². The molecule has 1 fully saturated rings. The Morgan fingerprint density at radius 2 is 2.03 bits per heavy atom. The number of aryl methyl sites for hydroxylation is 1. The molecule has 7 heteroatoms. The van der Waals surface area contributed by atoms with E-state index < -0.39 is 6.09 Å². The van der Waals surface area contributed by atoms with Crippen molar-refractivity contribution in [3.63, 3.8) is 0 Å². The molecule has 2 N–H and O–H groups in total. The van der Waals surface area contributed by atoms with Gasteiger partial charge in [0, 0.05) is 24.9 Å². The van der Waals surface area contributed by atoms with Gasteiger partial charge < -0.3 is 20.1 Å². The van der Waals surface area contributed by atoms with Crippen LogP contribution in [0.4, 0.5) is 10.6 Å². The van der Waals surface area contributed by atoms with Crippen LogP contribution in [-0.2, 0) is 0 Å². The maximum atomic E-state index is 12.3. The van der Waals surface area contributed by atoms with Crippen LogP contribution in [-0.4, -0.2) is 40.3 Å². The molecule has 2 heterocycles. The number of anilines is 1. The number of aliphatic hydroxyl groups excluding tert-OH is 1. The van der Waals surface area contributed by atoms with Crippen molar-refractivity contribution in [3.05, 3.63) is 77.8 Å². The first-order chi connectivity index (χ1) is 16.1. The number of hydrogen-bond donors (Lipinski definition) is 2. The van der Waals surface area contributed by atoms with Gasteiger partial charge in [-0.3, -0.25) is 0 Å². The van der Waals surface area contributed by atoms with E-state index in [1.165, 1.54) is 0 Å². The molecule has 7 nitrogen and oxygen atoms in total. The second-order valence-corrected chi connectivity index (χ2v) is 8.47. The molecule has 3 aromatic rings. The van der Waals surface area contributed by atoms with Crippen LogP contribution in [0.25, 0.3) is 16.5 Å². The summed E-state index contributed by atoms with van der Waals surface area (Å²) in [6, 6.07) is 15.1. The minimum absolute atomic E-state index is 0.0534. The molecule has 0 bridgehead atoms. The third kappa shape index (κ3) is 4.53. The molecule has 1 atom stereocenters. The number of nitrogens with zero attached hydrogens (tertiary/aromatic N) is 3. The SMILES string of the molecule is Cc1ccc2c(N3CC[C@@H](NC(=O)Oc4ccccc4)C3)nc(C3=C(O)CCC=C3)nc2c1. The van der Waals surface area contributed by atoms with Crippen LogP contribution >= 0.6 is 0 Å². The second kappa shape index (κ2) is 8.94. The Kier molecular flexibility index (Phi) is 5.69. The van der Waals surface area contributed by atoms with Gasteiger partial charge in [-0.25, -0.2) is 14.8 Å². The Morgan fingerprint density at radius 1 is 1.18 bits per heavy atom. The third-order valence-corrected chi connectivity index (χ3v) is 5.98. The summed E-state index contributed by atoms with van der Waals surface area (Å²) in [5.74, 6) is 2.17. The first-order valence-corrected chi connectivity index (χ1v) is 11.2. The number of fused-ring (bicyclic) bond motifs is 1. The number of amides is 1. The highest BCUT2D eigenvalue weighted by molar-refractivity contribution is 5.92. The fourth-order valence-corrected chi connectivity index (χ4v) is 4.30. The molecule has 1 aliphatic heterocycles. The highest BCUT2D eigenvalue weighted by Gasteiger charge is 2.28. The van der Waals surface area contributed by atoms with Crippen molar-refractivity contribution in [2.45, 2.75) is 32.2 Å². The van der Waals surface area contributed by atoms with Crippen molar-refractivity contribution in [2.24, 2.45) is 0 Å². The number of aliphatic hydroxyl groups is 1. The van der Waals surface area contributed by atoms with E-state index in [0.717, 1.165) is 41.7 Å². The highest BCUT2D eigenvalue weighted by atomic mass is 16.6.